The lowest BCUT2D eigenvalue weighted by atomic mass is 9.94. The number of hydrazone groups is 1. The van der Waals surface area contributed by atoms with Gasteiger partial charge in [-0.1, -0.05) is 37.3 Å². The van der Waals surface area contributed by atoms with Gasteiger partial charge in [-0.25, -0.2) is 14.4 Å². The topological polar surface area (TPSA) is 111 Å². The molecule has 3 aliphatic rings. The summed E-state index contributed by atoms with van der Waals surface area (Å²) < 4.78 is 27.0. The molecule has 0 bridgehead atoms. The van der Waals surface area contributed by atoms with Crippen LogP contribution in [0, 0.1) is 5.92 Å². The number of ether oxygens (including phenoxy) is 2. The summed E-state index contributed by atoms with van der Waals surface area (Å²) in [7, 11) is 0. The molecule has 0 spiro atoms. The zero-order chi connectivity index (χ0) is 20.4. The minimum Gasteiger partial charge on any atom is -0.380 e. The molecule has 3 aliphatic heterocycles. The highest BCUT2D eigenvalue weighted by atomic mass is 19.1. The van der Waals surface area contributed by atoms with E-state index in [4.69, 9.17) is 20.9 Å². The Kier molecular flexibility index (Phi) is 5.59. The van der Waals surface area contributed by atoms with Gasteiger partial charge >= 0.3 is 0 Å². The standard InChI is InChI=1S/C20H25FN6O2/c1-12-15(8-10-28-11-13-5-3-2-4-6-13)29-17(16(12)21)14-7-9-24-19-18(22)25-20(23)26-27(14)19/h2-7,9,12,14-17H,8,10-11H2,1H3,(H4,22,23,25,26)/t12-,14?,15-,16-,17+/m1/s1. The average molecular weight is 400 g/mol. The number of fused-ring (bicyclic) bond motifs is 1. The fraction of sp³-hybridized carbons (Fsp3) is 0.450. The normalized spacial score (nSPS) is 31.2. The first-order valence-electron chi connectivity index (χ1n) is 9.68. The number of rotatable bonds is 6. The van der Waals surface area contributed by atoms with Gasteiger partial charge in [0.25, 0.3) is 0 Å². The van der Waals surface area contributed by atoms with Gasteiger partial charge in [0.05, 0.1) is 12.7 Å². The van der Waals surface area contributed by atoms with Gasteiger partial charge in [-0.15, -0.1) is 5.10 Å². The van der Waals surface area contributed by atoms with Crippen LogP contribution in [-0.4, -0.2) is 53.7 Å². The third-order valence-corrected chi connectivity index (χ3v) is 5.38. The Morgan fingerprint density at radius 3 is 2.83 bits per heavy atom. The van der Waals surface area contributed by atoms with Crippen LogP contribution in [0.1, 0.15) is 18.9 Å². The molecule has 154 valence electrons. The van der Waals surface area contributed by atoms with E-state index < -0.39 is 18.3 Å². The lowest BCUT2D eigenvalue weighted by Crippen LogP contribution is -2.53. The minimum absolute atomic E-state index is 0.00839. The van der Waals surface area contributed by atoms with E-state index in [0.29, 0.717) is 25.5 Å². The molecule has 8 nitrogen and oxygen atoms in total. The largest absolute Gasteiger partial charge is 0.380 e. The second-order valence-electron chi connectivity index (χ2n) is 7.35. The average Bonchev–Trinajstić information content (AvgIpc) is 3.00. The summed E-state index contributed by atoms with van der Waals surface area (Å²) in [5, 5.41) is 5.68. The number of hydrogen-bond acceptors (Lipinski definition) is 8. The number of hydrogen-bond donors (Lipinski definition) is 2. The van der Waals surface area contributed by atoms with Crippen LogP contribution in [0.15, 0.2) is 57.7 Å². The Hall–Kier alpha value is -2.78. The van der Waals surface area contributed by atoms with Crippen LogP contribution in [0.5, 0.6) is 0 Å². The van der Waals surface area contributed by atoms with Crippen molar-refractivity contribution in [2.24, 2.45) is 32.5 Å². The van der Waals surface area contributed by atoms with E-state index in [1.165, 1.54) is 5.01 Å². The molecule has 0 amide bonds. The molecular formula is C20H25FN6O2. The van der Waals surface area contributed by atoms with Gasteiger partial charge in [0.2, 0.25) is 5.96 Å². The Bertz CT molecular complexity index is 856. The number of guanidine groups is 1. The number of halogens is 1. The van der Waals surface area contributed by atoms with Crippen LogP contribution < -0.4 is 11.5 Å². The highest BCUT2D eigenvalue weighted by Gasteiger charge is 2.48. The van der Waals surface area contributed by atoms with Crippen molar-refractivity contribution in [1.29, 1.82) is 0 Å². The number of benzene rings is 1. The molecule has 9 heteroatoms. The van der Waals surface area contributed by atoms with Crippen molar-refractivity contribution in [2.75, 3.05) is 6.61 Å². The fourth-order valence-electron chi connectivity index (χ4n) is 3.80. The van der Waals surface area contributed by atoms with Crippen LogP contribution in [-0.2, 0) is 16.1 Å². The number of amidine groups is 2. The van der Waals surface area contributed by atoms with Crippen molar-refractivity contribution in [3.63, 3.8) is 0 Å². The van der Waals surface area contributed by atoms with Gasteiger partial charge in [-0.2, -0.15) is 4.99 Å². The molecule has 0 aliphatic carbocycles. The molecule has 0 aromatic heterocycles. The van der Waals surface area contributed by atoms with E-state index >= 15 is 4.39 Å². The molecule has 4 N–H and O–H groups in total. The lowest BCUT2D eigenvalue weighted by Gasteiger charge is -2.35. The molecule has 1 fully saturated rings. The molecule has 4 rings (SSSR count). The lowest BCUT2D eigenvalue weighted by molar-refractivity contribution is -0.0194. The molecule has 1 aromatic carbocycles. The maximum absolute atomic E-state index is 15.1. The molecule has 0 radical (unpaired) electrons. The van der Waals surface area contributed by atoms with Gasteiger partial charge in [0, 0.05) is 18.7 Å². The van der Waals surface area contributed by atoms with Gasteiger partial charge < -0.3 is 20.9 Å². The van der Waals surface area contributed by atoms with Gasteiger partial charge in [0.1, 0.15) is 18.3 Å². The minimum atomic E-state index is -1.17. The molecular weight excluding hydrogens is 375 g/mol. The summed E-state index contributed by atoms with van der Waals surface area (Å²) in [4.78, 5) is 8.10. The van der Waals surface area contributed by atoms with E-state index in [2.05, 4.69) is 15.1 Å². The SMILES string of the molecule is C[C@H]1[C@@H](F)[C@H](C2C=CN=C3C(N)=NC(N)=NN32)O[C@@H]1CCOCc1ccccc1. The first-order chi connectivity index (χ1) is 14.0. The van der Waals surface area contributed by atoms with Crippen LogP contribution in [0.4, 0.5) is 4.39 Å². The van der Waals surface area contributed by atoms with Crippen molar-refractivity contribution in [3.05, 3.63) is 48.2 Å². The maximum Gasteiger partial charge on any atom is 0.240 e. The van der Waals surface area contributed by atoms with Crippen molar-refractivity contribution in [3.8, 4) is 0 Å². The second kappa shape index (κ2) is 8.30. The van der Waals surface area contributed by atoms with Crippen LogP contribution in [0.3, 0.4) is 0 Å². The zero-order valence-corrected chi connectivity index (χ0v) is 16.2. The van der Waals surface area contributed by atoms with Gasteiger partial charge in [0.15, 0.2) is 11.7 Å². The van der Waals surface area contributed by atoms with Crippen LogP contribution in [0.25, 0.3) is 0 Å². The van der Waals surface area contributed by atoms with Crippen LogP contribution >= 0.6 is 0 Å². The monoisotopic (exact) mass is 400 g/mol. The maximum atomic E-state index is 15.1. The summed E-state index contributed by atoms with van der Waals surface area (Å²) in [6, 6.07) is 9.44. The molecule has 3 heterocycles. The Morgan fingerprint density at radius 2 is 2.03 bits per heavy atom. The van der Waals surface area contributed by atoms with E-state index in [1.807, 2.05) is 37.3 Å². The number of aliphatic imine (C=N–C) groups is 2. The molecule has 5 atom stereocenters. The first-order valence-corrected chi connectivity index (χ1v) is 9.68. The summed E-state index contributed by atoms with van der Waals surface area (Å²) >= 11 is 0. The Balaban J connectivity index is 1.37. The van der Waals surface area contributed by atoms with Crippen LogP contribution in [0.2, 0.25) is 0 Å². The van der Waals surface area contributed by atoms with E-state index in [0.717, 1.165) is 5.56 Å². The number of alkyl halides is 1. The smallest absolute Gasteiger partial charge is 0.240 e. The second-order valence-corrected chi connectivity index (χ2v) is 7.35. The number of nitrogens with zero attached hydrogens (tertiary/aromatic N) is 4. The van der Waals surface area contributed by atoms with Crippen molar-refractivity contribution >= 4 is 17.6 Å². The molecule has 29 heavy (non-hydrogen) atoms. The predicted octanol–water partition coefficient (Wildman–Crippen LogP) is 1.53. The predicted molar refractivity (Wildman–Crippen MR) is 109 cm³/mol. The summed E-state index contributed by atoms with van der Waals surface area (Å²) in [6.07, 6.45) is 1.80. The van der Waals surface area contributed by atoms with Gasteiger partial charge in [-0.3, -0.25) is 0 Å². The molecule has 1 unspecified atom stereocenters. The summed E-state index contributed by atoms with van der Waals surface area (Å²) in [5.41, 5.74) is 12.7. The molecule has 1 aromatic rings. The van der Waals surface area contributed by atoms with Gasteiger partial charge in [-0.05, 0) is 18.1 Å². The molecule has 1 saturated heterocycles. The fourth-order valence-corrected chi connectivity index (χ4v) is 3.80. The third-order valence-electron chi connectivity index (χ3n) is 5.38. The van der Waals surface area contributed by atoms with E-state index in [-0.39, 0.29) is 23.8 Å². The van der Waals surface area contributed by atoms with Crippen molar-refractivity contribution in [2.45, 2.75) is 44.4 Å². The first kappa shape index (κ1) is 19.5. The van der Waals surface area contributed by atoms with E-state index in [1.54, 1.807) is 12.3 Å². The third kappa shape index (κ3) is 4.01. The molecule has 0 saturated carbocycles. The zero-order valence-electron chi connectivity index (χ0n) is 16.2. The van der Waals surface area contributed by atoms with Crippen molar-refractivity contribution in [1.82, 2.24) is 5.01 Å². The Morgan fingerprint density at radius 1 is 1.24 bits per heavy atom. The highest BCUT2D eigenvalue weighted by Crippen LogP contribution is 2.36. The Labute approximate surface area is 168 Å². The summed E-state index contributed by atoms with van der Waals surface area (Å²) in [5.74, 6) is 0.242. The highest BCUT2D eigenvalue weighted by molar-refractivity contribution is 6.42. The van der Waals surface area contributed by atoms with Crippen molar-refractivity contribution < 1.29 is 13.9 Å². The van der Waals surface area contributed by atoms with E-state index in [9.17, 15) is 0 Å². The summed E-state index contributed by atoms with van der Waals surface area (Å²) in [6.45, 7) is 2.87. The number of nitrogens with two attached hydrogens (primary N) is 2. The quantitative estimate of drug-likeness (QED) is 0.704.